The third-order valence-corrected chi connectivity index (χ3v) is 5.65. The first-order chi connectivity index (χ1) is 8.09. The molecule has 1 unspecified atom stereocenters. The molecule has 1 N–H and O–H groups in total. The minimum Gasteiger partial charge on any atom is -0.317 e. The number of piperidine rings is 1. The molecule has 1 atom stereocenters. The average molecular weight is 256 g/mol. The summed E-state index contributed by atoms with van der Waals surface area (Å²) in [5, 5.41) is 3.46. The molecule has 2 saturated heterocycles. The Morgan fingerprint density at radius 3 is 2.65 bits per heavy atom. The molecule has 0 aromatic carbocycles. The quantitative estimate of drug-likeness (QED) is 0.835. The molecule has 2 fully saturated rings. The van der Waals surface area contributed by atoms with Crippen LogP contribution in [0, 0.1) is 11.3 Å². The molecule has 0 spiro atoms. The molecular weight excluding hydrogens is 228 g/mol. The molecule has 0 aliphatic carbocycles. The van der Waals surface area contributed by atoms with Gasteiger partial charge in [-0.2, -0.15) is 11.8 Å². The third-order valence-electron chi connectivity index (χ3n) is 4.61. The number of rotatable bonds is 3. The fraction of sp³-hybridized carbons (Fsp3) is 1.00. The van der Waals surface area contributed by atoms with Crippen molar-refractivity contribution < 1.29 is 0 Å². The van der Waals surface area contributed by atoms with Gasteiger partial charge >= 0.3 is 0 Å². The van der Waals surface area contributed by atoms with E-state index in [0.717, 1.165) is 12.0 Å². The summed E-state index contributed by atoms with van der Waals surface area (Å²) < 4.78 is 0. The van der Waals surface area contributed by atoms with Crippen molar-refractivity contribution in [3.8, 4) is 0 Å². The summed E-state index contributed by atoms with van der Waals surface area (Å²) in [5.41, 5.74) is 0.507. The smallest absolute Gasteiger partial charge is 0.0234 e. The first-order valence-corrected chi connectivity index (χ1v) is 8.24. The number of hydrogen-bond donors (Lipinski definition) is 1. The normalized spacial score (nSPS) is 30.7. The minimum atomic E-state index is 0.507. The maximum absolute atomic E-state index is 3.46. The van der Waals surface area contributed by atoms with Crippen LogP contribution < -0.4 is 5.32 Å². The second-order valence-corrected chi connectivity index (χ2v) is 7.61. The topological polar surface area (TPSA) is 15.3 Å². The zero-order chi connectivity index (χ0) is 12.3. The summed E-state index contributed by atoms with van der Waals surface area (Å²) >= 11 is 2.14. The number of nitrogens with zero attached hydrogens (tertiary/aromatic N) is 1. The van der Waals surface area contributed by atoms with Gasteiger partial charge in [0.25, 0.3) is 0 Å². The highest BCUT2D eigenvalue weighted by Crippen LogP contribution is 2.37. The summed E-state index contributed by atoms with van der Waals surface area (Å²) in [4.78, 5) is 2.65. The van der Waals surface area contributed by atoms with E-state index >= 15 is 0 Å². The van der Waals surface area contributed by atoms with Gasteiger partial charge in [0.2, 0.25) is 0 Å². The lowest BCUT2D eigenvalue weighted by Crippen LogP contribution is -2.49. The van der Waals surface area contributed by atoms with Gasteiger partial charge in [-0.05, 0) is 56.5 Å². The van der Waals surface area contributed by atoms with Crippen molar-refractivity contribution >= 4 is 11.8 Å². The fourth-order valence-electron chi connectivity index (χ4n) is 3.25. The molecular formula is C14H28N2S. The Kier molecular flexibility index (Phi) is 4.79. The molecule has 2 rings (SSSR count). The molecule has 2 nitrogen and oxygen atoms in total. The molecule has 0 bridgehead atoms. The van der Waals surface area contributed by atoms with Crippen molar-refractivity contribution in [2.75, 3.05) is 38.2 Å². The Morgan fingerprint density at radius 1 is 1.29 bits per heavy atom. The molecule has 0 aromatic rings. The van der Waals surface area contributed by atoms with Crippen LogP contribution in [0.15, 0.2) is 0 Å². The van der Waals surface area contributed by atoms with Crippen LogP contribution in [0.25, 0.3) is 0 Å². The van der Waals surface area contributed by atoms with Crippen LogP contribution >= 0.6 is 11.8 Å². The van der Waals surface area contributed by atoms with Crippen LogP contribution in [0.1, 0.15) is 33.1 Å². The van der Waals surface area contributed by atoms with Crippen molar-refractivity contribution in [1.29, 1.82) is 0 Å². The Hall–Kier alpha value is 0.270. The van der Waals surface area contributed by atoms with Gasteiger partial charge in [-0.15, -0.1) is 0 Å². The van der Waals surface area contributed by atoms with Gasteiger partial charge in [0.1, 0.15) is 0 Å². The van der Waals surface area contributed by atoms with Crippen LogP contribution in [-0.4, -0.2) is 49.1 Å². The van der Waals surface area contributed by atoms with E-state index in [4.69, 9.17) is 0 Å². The summed E-state index contributed by atoms with van der Waals surface area (Å²) in [6.07, 6.45) is 4.11. The zero-order valence-corrected chi connectivity index (χ0v) is 12.5. The van der Waals surface area contributed by atoms with Crippen molar-refractivity contribution in [2.45, 2.75) is 39.2 Å². The first-order valence-electron chi connectivity index (χ1n) is 7.08. The van der Waals surface area contributed by atoms with E-state index in [-0.39, 0.29) is 0 Å². The average Bonchev–Trinajstić information content (AvgIpc) is 2.29. The molecule has 17 heavy (non-hydrogen) atoms. The maximum atomic E-state index is 3.46. The molecule has 100 valence electrons. The van der Waals surface area contributed by atoms with E-state index in [1.165, 1.54) is 50.4 Å². The Morgan fingerprint density at radius 2 is 2.00 bits per heavy atom. The van der Waals surface area contributed by atoms with Gasteiger partial charge in [0.15, 0.2) is 0 Å². The first kappa shape index (κ1) is 13.7. The lowest BCUT2D eigenvalue weighted by molar-refractivity contribution is 0.0998. The van der Waals surface area contributed by atoms with Crippen molar-refractivity contribution in [1.82, 2.24) is 10.2 Å². The van der Waals surface area contributed by atoms with E-state index in [1.54, 1.807) is 0 Å². The van der Waals surface area contributed by atoms with Crippen LogP contribution in [0.3, 0.4) is 0 Å². The van der Waals surface area contributed by atoms with Gasteiger partial charge < -0.3 is 10.2 Å². The maximum Gasteiger partial charge on any atom is 0.0234 e. The van der Waals surface area contributed by atoms with E-state index in [0.29, 0.717) is 5.41 Å². The lowest BCUT2D eigenvalue weighted by atomic mass is 9.81. The Bertz CT molecular complexity index is 236. The van der Waals surface area contributed by atoms with E-state index in [2.05, 4.69) is 42.9 Å². The molecule has 3 heteroatoms. The van der Waals surface area contributed by atoms with Crippen LogP contribution in [0.5, 0.6) is 0 Å². The van der Waals surface area contributed by atoms with Gasteiger partial charge in [-0.3, -0.25) is 0 Å². The number of nitrogens with one attached hydrogen (secondary N) is 1. The second kappa shape index (κ2) is 5.94. The van der Waals surface area contributed by atoms with Crippen molar-refractivity contribution in [3.05, 3.63) is 0 Å². The molecule has 0 saturated carbocycles. The van der Waals surface area contributed by atoms with Gasteiger partial charge in [-0.1, -0.05) is 13.8 Å². The lowest BCUT2D eigenvalue weighted by Gasteiger charge is -2.45. The van der Waals surface area contributed by atoms with Gasteiger partial charge in [-0.25, -0.2) is 0 Å². The molecule has 2 aliphatic rings. The molecule has 0 radical (unpaired) electrons. The zero-order valence-electron chi connectivity index (χ0n) is 11.7. The molecule has 2 aliphatic heterocycles. The standard InChI is InChI=1S/C14H28N2S/c1-14(2)6-9-17-11-13(14)16(3)10-12-4-7-15-8-5-12/h12-13,15H,4-11H2,1-3H3. The Balaban J connectivity index is 1.87. The van der Waals surface area contributed by atoms with Gasteiger partial charge in [0, 0.05) is 18.3 Å². The Labute approximate surface area is 111 Å². The summed E-state index contributed by atoms with van der Waals surface area (Å²) in [6.45, 7) is 8.66. The highest BCUT2D eigenvalue weighted by Gasteiger charge is 2.35. The summed E-state index contributed by atoms with van der Waals surface area (Å²) in [6, 6.07) is 0.774. The predicted octanol–water partition coefficient (Wildman–Crippen LogP) is 2.45. The van der Waals surface area contributed by atoms with E-state index in [9.17, 15) is 0 Å². The molecule has 0 aromatic heterocycles. The van der Waals surface area contributed by atoms with Gasteiger partial charge in [0.05, 0.1) is 0 Å². The van der Waals surface area contributed by atoms with Crippen LogP contribution in [0.4, 0.5) is 0 Å². The monoisotopic (exact) mass is 256 g/mol. The number of hydrogen-bond acceptors (Lipinski definition) is 3. The highest BCUT2D eigenvalue weighted by atomic mass is 32.2. The highest BCUT2D eigenvalue weighted by molar-refractivity contribution is 7.99. The number of thioether (sulfide) groups is 1. The fourth-order valence-corrected chi connectivity index (χ4v) is 5.01. The third kappa shape index (κ3) is 3.62. The van der Waals surface area contributed by atoms with E-state index < -0.39 is 0 Å². The predicted molar refractivity (Wildman–Crippen MR) is 77.7 cm³/mol. The van der Waals surface area contributed by atoms with Crippen LogP contribution in [-0.2, 0) is 0 Å². The minimum absolute atomic E-state index is 0.507. The summed E-state index contributed by atoms with van der Waals surface area (Å²) in [5.74, 6) is 3.60. The second-order valence-electron chi connectivity index (χ2n) is 6.46. The van der Waals surface area contributed by atoms with Crippen molar-refractivity contribution in [3.63, 3.8) is 0 Å². The SMILES string of the molecule is CN(CC1CCNCC1)C1CSCCC1(C)C. The van der Waals surface area contributed by atoms with E-state index in [1.807, 2.05) is 0 Å². The summed E-state index contributed by atoms with van der Waals surface area (Å²) in [7, 11) is 2.35. The van der Waals surface area contributed by atoms with Crippen LogP contribution in [0.2, 0.25) is 0 Å². The van der Waals surface area contributed by atoms with Crippen molar-refractivity contribution in [2.24, 2.45) is 11.3 Å². The largest absolute Gasteiger partial charge is 0.317 e. The molecule has 2 heterocycles. The molecule has 0 amide bonds.